The number of hydrogen-bond donors (Lipinski definition) is 0. The zero-order valence-corrected chi connectivity index (χ0v) is 16.9. The van der Waals surface area contributed by atoms with Gasteiger partial charge in [0.15, 0.2) is 0 Å². The third-order valence-electron chi connectivity index (χ3n) is 5.03. The molecule has 0 radical (unpaired) electrons. The van der Waals surface area contributed by atoms with Gasteiger partial charge in [0, 0.05) is 13.1 Å². The highest BCUT2D eigenvalue weighted by molar-refractivity contribution is 7.89. The van der Waals surface area contributed by atoms with Crippen LogP contribution in [0.2, 0.25) is 0 Å². The molecule has 0 aromatic heterocycles. The lowest BCUT2D eigenvalue weighted by Crippen LogP contribution is -2.39. The van der Waals surface area contributed by atoms with E-state index in [9.17, 15) is 8.42 Å². The second kappa shape index (κ2) is 9.18. The Hall–Kier alpha value is -0.620. The molecule has 1 aromatic rings. The molecule has 1 unspecified atom stereocenters. The van der Waals surface area contributed by atoms with Gasteiger partial charge in [0.1, 0.15) is 0 Å². The smallest absolute Gasteiger partial charge is 0.243 e. The van der Waals surface area contributed by atoms with Gasteiger partial charge in [-0.05, 0) is 76.4 Å². The van der Waals surface area contributed by atoms with Gasteiger partial charge < -0.3 is 4.90 Å². The van der Waals surface area contributed by atoms with Crippen LogP contribution in [0.5, 0.6) is 0 Å². The second-order valence-corrected chi connectivity index (χ2v) is 9.00. The monoisotopic (exact) mass is 374 g/mol. The van der Waals surface area contributed by atoms with E-state index in [-0.39, 0.29) is 18.4 Å². The summed E-state index contributed by atoms with van der Waals surface area (Å²) in [4.78, 5) is 2.85. The van der Waals surface area contributed by atoms with Crippen molar-refractivity contribution in [3.63, 3.8) is 0 Å². The highest BCUT2D eigenvalue weighted by atomic mass is 35.5. The summed E-state index contributed by atoms with van der Waals surface area (Å²) in [5.74, 6) is 0.827. The number of nitrogens with zero attached hydrogens (tertiary/aromatic N) is 2. The van der Waals surface area contributed by atoms with Crippen LogP contribution in [0.3, 0.4) is 0 Å². The molecule has 2 rings (SSSR count). The summed E-state index contributed by atoms with van der Waals surface area (Å²) < 4.78 is 27.0. The van der Waals surface area contributed by atoms with Gasteiger partial charge in [0.05, 0.1) is 4.90 Å². The lowest BCUT2D eigenvalue weighted by atomic mass is 9.99. The zero-order chi connectivity index (χ0) is 17.0. The first-order chi connectivity index (χ1) is 10.8. The first-order valence-electron chi connectivity index (χ1n) is 8.57. The van der Waals surface area contributed by atoms with Crippen molar-refractivity contribution in [2.75, 3.05) is 26.7 Å². The van der Waals surface area contributed by atoms with Gasteiger partial charge in [-0.25, -0.2) is 8.42 Å². The highest BCUT2D eigenvalue weighted by Gasteiger charge is 2.26. The number of aryl methyl sites for hydroxylation is 1. The SMILES string of the molecule is Cc1cccc(S(=O)(=O)N(C)C(C)CCN2CCC(C)CC2)c1.Cl. The van der Waals surface area contributed by atoms with Gasteiger partial charge in [0.25, 0.3) is 0 Å². The van der Waals surface area contributed by atoms with E-state index in [4.69, 9.17) is 0 Å². The van der Waals surface area contributed by atoms with Crippen LogP contribution < -0.4 is 0 Å². The average molecular weight is 375 g/mol. The minimum absolute atomic E-state index is 0. The van der Waals surface area contributed by atoms with E-state index in [0.29, 0.717) is 4.90 Å². The molecule has 1 saturated heterocycles. The third kappa shape index (κ3) is 5.45. The summed E-state index contributed by atoms with van der Waals surface area (Å²) in [5.41, 5.74) is 0.967. The maximum absolute atomic E-state index is 12.7. The van der Waals surface area contributed by atoms with Crippen molar-refractivity contribution in [3.8, 4) is 0 Å². The van der Waals surface area contributed by atoms with E-state index in [2.05, 4.69) is 11.8 Å². The first-order valence-corrected chi connectivity index (χ1v) is 10.0. The predicted octanol–water partition coefficient (Wildman–Crippen LogP) is 3.55. The molecule has 6 heteroatoms. The Morgan fingerprint density at radius 2 is 1.92 bits per heavy atom. The number of benzene rings is 1. The van der Waals surface area contributed by atoms with Gasteiger partial charge in [-0.2, -0.15) is 4.31 Å². The highest BCUT2D eigenvalue weighted by Crippen LogP contribution is 2.20. The molecule has 1 aromatic carbocycles. The molecule has 1 fully saturated rings. The number of hydrogen-bond acceptors (Lipinski definition) is 3. The van der Waals surface area contributed by atoms with Crippen molar-refractivity contribution in [1.29, 1.82) is 0 Å². The van der Waals surface area contributed by atoms with Gasteiger partial charge in [-0.15, -0.1) is 12.4 Å². The van der Waals surface area contributed by atoms with Crippen molar-refractivity contribution in [3.05, 3.63) is 29.8 Å². The molecule has 138 valence electrons. The molecule has 0 saturated carbocycles. The molecule has 0 aliphatic carbocycles. The van der Waals surface area contributed by atoms with Crippen LogP contribution in [0.15, 0.2) is 29.2 Å². The minimum Gasteiger partial charge on any atom is -0.303 e. The largest absolute Gasteiger partial charge is 0.303 e. The Bertz CT molecular complexity index is 613. The van der Waals surface area contributed by atoms with Gasteiger partial charge in [-0.1, -0.05) is 19.1 Å². The van der Waals surface area contributed by atoms with Gasteiger partial charge in [0.2, 0.25) is 10.0 Å². The fourth-order valence-electron chi connectivity index (χ4n) is 3.02. The zero-order valence-electron chi connectivity index (χ0n) is 15.2. The van der Waals surface area contributed by atoms with Crippen LogP contribution in [-0.2, 0) is 10.0 Å². The topological polar surface area (TPSA) is 40.6 Å². The van der Waals surface area contributed by atoms with Crippen LogP contribution in [0.1, 0.15) is 38.7 Å². The van der Waals surface area contributed by atoms with E-state index >= 15 is 0 Å². The normalized spacial score (nSPS) is 18.4. The van der Waals surface area contributed by atoms with Crippen LogP contribution in [0, 0.1) is 12.8 Å². The summed E-state index contributed by atoms with van der Waals surface area (Å²) in [6, 6.07) is 7.14. The van der Waals surface area contributed by atoms with Crippen molar-refractivity contribution < 1.29 is 8.42 Å². The number of halogens is 1. The van der Waals surface area contributed by atoms with E-state index in [1.165, 1.54) is 17.1 Å². The molecule has 1 aliphatic rings. The molecule has 4 nitrogen and oxygen atoms in total. The molecule has 0 bridgehead atoms. The number of sulfonamides is 1. The Balaban J connectivity index is 0.00000288. The molecule has 0 spiro atoms. The van der Waals surface area contributed by atoms with Gasteiger partial charge >= 0.3 is 0 Å². The molecule has 0 N–H and O–H groups in total. The van der Waals surface area contributed by atoms with Crippen LogP contribution in [0.25, 0.3) is 0 Å². The van der Waals surface area contributed by atoms with Crippen molar-refractivity contribution >= 4 is 22.4 Å². The fraction of sp³-hybridized carbons (Fsp3) is 0.667. The number of rotatable bonds is 6. The molecule has 1 atom stereocenters. The summed E-state index contributed by atoms with van der Waals surface area (Å²) >= 11 is 0. The Morgan fingerprint density at radius 3 is 2.50 bits per heavy atom. The quantitative estimate of drug-likeness (QED) is 0.764. The Labute approximate surface area is 153 Å². The molecule has 1 aliphatic heterocycles. The van der Waals surface area contributed by atoms with Crippen LogP contribution in [-0.4, -0.2) is 50.3 Å². The van der Waals surface area contributed by atoms with E-state index in [1.807, 2.05) is 19.9 Å². The lowest BCUT2D eigenvalue weighted by Gasteiger charge is -2.32. The summed E-state index contributed by atoms with van der Waals surface area (Å²) in [5, 5.41) is 0. The third-order valence-corrected chi connectivity index (χ3v) is 6.99. The van der Waals surface area contributed by atoms with Crippen molar-refractivity contribution in [1.82, 2.24) is 9.21 Å². The maximum Gasteiger partial charge on any atom is 0.243 e. The number of piperidine rings is 1. The molecular formula is C18H31ClN2O2S. The first kappa shape index (κ1) is 21.4. The van der Waals surface area contributed by atoms with Gasteiger partial charge in [-0.3, -0.25) is 0 Å². The average Bonchev–Trinajstić information content (AvgIpc) is 2.53. The summed E-state index contributed by atoms with van der Waals surface area (Å²) in [6.45, 7) is 9.48. The maximum atomic E-state index is 12.7. The minimum atomic E-state index is -3.41. The van der Waals surface area contributed by atoms with E-state index in [0.717, 1.165) is 37.5 Å². The predicted molar refractivity (Wildman–Crippen MR) is 102 cm³/mol. The van der Waals surface area contributed by atoms with E-state index < -0.39 is 10.0 Å². The molecule has 0 amide bonds. The summed E-state index contributed by atoms with van der Waals surface area (Å²) in [6.07, 6.45) is 3.38. The van der Waals surface area contributed by atoms with Crippen LogP contribution >= 0.6 is 12.4 Å². The summed E-state index contributed by atoms with van der Waals surface area (Å²) in [7, 11) is -1.71. The Morgan fingerprint density at radius 1 is 1.29 bits per heavy atom. The molecular weight excluding hydrogens is 344 g/mol. The van der Waals surface area contributed by atoms with Crippen molar-refractivity contribution in [2.24, 2.45) is 5.92 Å². The van der Waals surface area contributed by atoms with E-state index in [1.54, 1.807) is 25.2 Å². The van der Waals surface area contributed by atoms with Crippen LogP contribution in [0.4, 0.5) is 0 Å². The fourth-order valence-corrected chi connectivity index (χ4v) is 4.51. The Kier molecular flexibility index (Phi) is 8.20. The molecule has 1 heterocycles. The second-order valence-electron chi connectivity index (χ2n) is 7.00. The van der Waals surface area contributed by atoms with Crippen molar-refractivity contribution in [2.45, 2.75) is 51.0 Å². The molecule has 24 heavy (non-hydrogen) atoms. The lowest BCUT2D eigenvalue weighted by molar-refractivity contribution is 0.179. The standard InChI is InChI=1S/C18H30N2O2S.ClH/c1-15-8-11-20(12-9-15)13-10-17(3)19(4)23(21,22)18-7-5-6-16(2)14-18;/h5-7,14-15,17H,8-13H2,1-4H3;1H. The number of likely N-dealkylation sites (tertiary alicyclic amines) is 1.